The lowest BCUT2D eigenvalue weighted by molar-refractivity contribution is -0.295. The molecular formula is C26H49FN4O11. The first-order valence-electron chi connectivity index (χ1n) is 14.7. The Morgan fingerprint density at radius 1 is 1.07 bits per heavy atom. The van der Waals surface area contributed by atoms with E-state index >= 15 is 0 Å². The Morgan fingerprint density at radius 3 is 2.38 bits per heavy atom. The summed E-state index contributed by atoms with van der Waals surface area (Å²) in [4.78, 5) is 12.6. The van der Waals surface area contributed by atoms with Gasteiger partial charge in [-0.25, -0.2) is 4.39 Å². The number of halogens is 1. The zero-order valence-electron chi connectivity index (χ0n) is 23.9. The van der Waals surface area contributed by atoms with Crippen LogP contribution < -0.4 is 22.1 Å². The summed E-state index contributed by atoms with van der Waals surface area (Å²) in [5, 5.41) is 65.5. The number of ether oxygens (including phenoxy) is 4. The van der Waals surface area contributed by atoms with E-state index in [9.17, 15) is 34.7 Å². The van der Waals surface area contributed by atoms with Gasteiger partial charge in [0.05, 0.1) is 49.7 Å². The highest BCUT2D eigenvalue weighted by Crippen LogP contribution is 2.37. The van der Waals surface area contributed by atoms with Gasteiger partial charge in [0.15, 0.2) is 18.7 Å². The van der Waals surface area contributed by atoms with E-state index in [1.165, 1.54) is 0 Å². The second-order valence-corrected chi connectivity index (χ2v) is 11.4. The standard InChI is InChI=1S/C26H49FN4O11/c1-2-12-5-18(31-24(38)20(36)16(27)7-28)21(37)23(42-26-19(35)6-15(11-33)40-26)22(12)41-25-17(29)4-3-14(39-25)9-30-8-13(34)10-32/h12-23,25-26,30,32-37H,2-11,28-29H2,1H3,(H,31,38). The van der Waals surface area contributed by atoms with Gasteiger partial charge in [0.25, 0.3) is 5.91 Å². The fourth-order valence-corrected chi connectivity index (χ4v) is 5.64. The van der Waals surface area contributed by atoms with Crippen LogP contribution in [0.5, 0.6) is 0 Å². The molecule has 1 aliphatic carbocycles. The molecule has 14 atom stereocenters. The van der Waals surface area contributed by atoms with Crippen LogP contribution in [0.1, 0.15) is 39.0 Å². The highest BCUT2D eigenvalue weighted by atomic mass is 19.1. The van der Waals surface area contributed by atoms with Crippen molar-refractivity contribution in [3.8, 4) is 0 Å². The second-order valence-electron chi connectivity index (χ2n) is 11.4. The van der Waals surface area contributed by atoms with E-state index < -0.39 is 86.0 Å². The molecule has 1 saturated carbocycles. The Labute approximate surface area is 244 Å². The third-order valence-electron chi connectivity index (χ3n) is 8.17. The monoisotopic (exact) mass is 612 g/mol. The number of carbonyl (C=O) groups is 1. The van der Waals surface area contributed by atoms with Crippen LogP contribution in [-0.4, -0.2) is 149 Å². The normalized spacial score (nSPS) is 39.5. The molecular weight excluding hydrogens is 563 g/mol. The fourth-order valence-electron chi connectivity index (χ4n) is 5.64. The molecule has 14 unspecified atom stereocenters. The van der Waals surface area contributed by atoms with Gasteiger partial charge in [0.2, 0.25) is 0 Å². The Hall–Kier alpha value is -1.12. The predicted octanol–water partition coefficient (Wildman–Crippen LogP) is -4.07. The number of aliphatic hydroxyl groups excluding tert-OH is 6. The molecule has 15 nitrogen and oxygen atoms in total. The SMILES string of the molecule is CCC1CC(NC(=O)C(O)C(F)CN)C(O)C(OC2OC(CO)CC2O)C1OC1OC(CNCC(O)CO)CCC1N. The Bertz CT molecular complexity index is 822. The minimum atomic E-state index is -2.03. The van der Waals surface area contributed by atoms with E-state index in [0.29, 0.717) is 25.8 Å². The van der Waals surface area contributed by atoms with Gasteiger partial charge in [-0.2, -0.15) is 0 Å². The van der Waals surface area contributed by atoms with Crippen molar-refractivity contribution in [1.29, 1.82) is 0 Å². The average Bonchev–Trinajstić information content (AvgIpc) is 3.35. The van der Waals surface area contributed by atoms with Crippen LogP contribution in [0.4, 0.5) is 4.39 Å². The van der Waals surface area contributed by atoms with Gasteiger partial charge in [-0.15, -0.1) is 0 Å². The minimum absolute atomic E-state index is 0.103. The van der Waals surface area contributed by atoms with E-state index in [0.717, 1.165) is 0 Å². The molecule has 3 rings (SSSR count). The molecule has 0 radical (unpaired) electrons. The van der Waals surface area contributed by atoms with Gasteiger partial charge in [0.1, 0.15) is 24.5 Å². The van der Waals surface area contributed by atoms with Crippen molar-refractivity contribution in [3.05, 3.63) is 0 Å². The summed E-state index contributed by atoms with van der Waals surface area (Å²) in [7, 11) is 0. The van der Waals surface area contributed by atoms with Gasteiger partial charge in [-0.05, 0) is 25.2 Å². The Morgan fingerprint density at radius 2 is 1.76 bits per heavy atom. The van der Waals surface area contributed by atoms with Crippen LogP contribution in [0.2, 0.25) is 0 Å². The molecule has 2 heterocycles. The number of nitrogens with two attached hydrogens (primary N) is 2. The zero-order valence-corrected chi connectivity index (χ0v) is 23.9. The molecule has 0 spiro atoms. The summed E-state index contributed by atoms with van der Waals surface area (Å²) in [6.07, 6.45) is -10.7. The van der Waals surface area contributed by atoms with Crippen LogP contribution in [0.15, 0.2) is 0 Å². The van der Waals surface area contributed by atoms with Crippen molar-refractivity contribution in [1.82, 2.24) is 10.6 Å². The highest BCUT2D eigenvalue weighted by Gasteiger charge is 2.50. The largest absolute Gasteiger partial charge is 0.394 e. The third kappa shape index (κ3) is 9.20. The molecule has 2 aliphatic heterocycles. The average molecular weight is 613 g/mol. The maximum atomic E-state index is 13.9. The summed E-state index contributed by atoms with van der Waals surface area (Å²) < 4.78 is 38.1. The molecule has 2 saturated heterocycles. The van der Waals surface area contributed by atoms with Gasteiger partial charge in [0, 0.05) is 26.1 Å². The minimum Gasteiger partial charge on any atom is -0.394 e. The summed E-state index contributed by atoms with van der Waals surface area (Å²) in [6.45, 7) is 1.13. The maximum absolute atomic E-state index is 13.9. The van der Waals surface area contributed by atoms with Gasteiger partial charge in [-0.1, -0.05) is 13.3 Å². The molecule has 42 heavy (non-hydrogen) atoms. The number of aliphatic hydroxyl groups is 6. The van der Waals surface area contributed by atoms with E-state index in [1.54, 1.807) is 0 Å². The highest BCUT2D eigenvalue weighted by molar-refractivity contribution is 5.81. The third-order valence-corrected chi connectivity index (χ3v) is 8.17. The molecule has 246 valence electrons. The first-order chi connectivity index (χ1) is 20.0. The molecule has 3 fully saturated rings. The quantitative estimate of drug-likeness (QED) is 0.0845. The lowest BCUT2D eigenvalue weighted by atomic mass is 9.77. The van der Waals surface area contributed by atoms with Crippen LogP contribution in [0.3, 0.4) is 0 Å². The van der Waals surface area contributed by atoms with E-state index in [4.69, 9.17) is 35.5 Å². The molecule has 1 amide bonds. The molecule has 3 aliphatic rings. The fraction of sp³-hybridized carbons (Fsp3) is 0.962. The first-order valence-corrected chi connectivity index (χ1v) is 14.7. The van der Waals surface area contributed by atoms with E-state index in [1.807, 2.05) is 6.92 Å². The molecule has 0 aromatic carbocycles. The maximum Gasteiger partial charge on any atom is 0.252 e. The van der Waals surface area contributed by atoms with Crippen LogP contribution in [0, 0.1) is 5.92 Å². The van der Waals surface area contributed by atoms with Gasteiger partial charge < -0.3 is 71.7 Å². The van der Waals surface area contributed by atoms with E-state index in [-0.39, 0.29) is 44.6 Å². The molecule has 0 bridgehead atoms. The lowest BCUT2D eigenvalue weighted by Crippen LogP contribution is -2.64. The molecule has 12 N–H and O–H groups in total. The van der Waals surface area contributed by atoms with Crippen molar-refractivity contribution < 1.29 is 58.8 Å². The number of hydrogen-bond acceptors (Lipinski definition) is 14. The molecule has 16 heteroatoms. The van der Waals surface area contributed by atoms with Crippen molar-refractivity contribution in [2.45, 2.75) is 119 Å². The van der Waals surface area contributed by atoms with Crippen molar-refractivity contribution >= 4 is 5.91 Å². The van der Waals surface area contributed by atoms with Gasteiger partial charge in [-0.3, -0.25) is 4.79 Å². The Kier molecular flexibility index (Phi) is 14.2. The number of carbonyl (C=O) groups excluding carboxylic acids is 1. The number of amides is 1. The molecule has 0 aromatic rings. The number of alkyl halides is 1. The number of hydrogen-bond donors (Lipinski definition) is 10. The second kappa shape index (κ2) is 16.8. The smallest absolute Gasteiger partial charge is 0.252 e. The summed E-state index contributed by atoms with van der Waals surface area (Å²) in [6, 6.07) is -1.49. The zero-order chi connectivity index (χ0) is 31.0. The van der Waals surface area contributed by atoms with Crippen LogP contribution >= 0.6 is 0 Å². The number of rotatable bonds is 15. The van der Waals surface area contributed by atoms with Gasteiger partial charge >= 0.3 is 0 Å². The van der Waals surface area contributed by atoms with E-state index in [2.05, 4.69) is 10.6 Å². The van der Waals surface area contributed by atoms with Crippen molar-refractivity contribution in [2.24, 2.45) is 17.4 Å². The summed E-state index contributed by atoms with van der Waals surface area (Å²) >= 11 is 0. The summed E-state index contributed by atoms with van der Waals surface area (Å²) in [5.41, 5.74) is 11.6. The summed E-state index contributed by atoms with van der Waals surface area (Å²) in [5.74, 6) is -1.39. The number of nitrogens with one attached hydrogen (secondary N) is 2. The lowest BCUT2D eigenvalue weighted by Gasteiger charge is -2.47. The Balaban J connectivity index is 1.78. The predicted molar refractivity (Wildman–Crippen MR) is 144 cm³/mol. The van der Waals surface area contributed by atoms with Crippen molar-refractivity contribution in [3.63, 3.8) is 0 Å². The molecule has 0 aromatic heterocycles. The van der Waals surface area contributed by atoms with Crippen LogP contribution in [0.25, 0.3) is 0 Å². The van der Waals surface area contributed by atoms with Crippen LogP contribution in [-0.2, 0) is 23.7 Å². The topological polar surface area (TPSA) is 251 Å². The first kappa shape index (κ1) is 35.4. The van der Waals surface area contributed by atoms with Crippen molar-refractivity contribution in [2.75, 3.05) is 32.8 Å².